The lowest BCUT2D eigenvalue weighted by atomic mass is 10.2. The molecule has 6 heteroatoms. The minimum atomic E-state index is -0.915. The van der Waals surface area contributed by atoms with Crippen molar-refractivity contribution >= 4 is 33.6 Å². The van der Waals surface area contributed by atoms with E-state index in [0.29, 0.717) is 5.69 Å². The quantitative estimate of drug-likeness (QED) is 0.860. The van der Waals surface area contributed by atoms with Gasteiger partial charge in [0.2, 0.25) is 0 Å². The Morgan fingerprint density at radius 2 is 2.05 bits per heavy atom. The lowest BCUT2D eigenvalue weighted by Crippen LogP contribution is -2.41. The number of hydrogen-bond acceptors (Lipinski definition) is 2. The highest BCUT2D eigenvalue weighted by Gasteiger charge is 2.18. The summed E-state index contributed by atoms with van der Waals surface area (Å²) in [7, 11) is 0. The zero-order chi connectivity index (χ0) is 15.3. The maximum absolute atomic E-state index is 12.2. The zero-order valence-electron chi connectivity index (χ0n) is 11.8. The third-order valence-electron chi connectivity index (χ3n) is 2.87. The first kappa shape index (κ1) is 16.5. The average Bonchev–Trinajstić information content (AvgIpc) is 2.33. The van der Waals surface area contributed by atoms with Gasteiger partial charge in [0.25, 0.3) is 0 Å². The molecular weight excluding hydrogens is 324 g/mol. The molecule has 2 amide bonds. The lowest BCUT2D eigenvalue weighted by molar-refractivity contribution is -0.137. The van der Waals surface area contributed by atoms with Crippen LogP contribution in [0.1, 0.15) is 25.8 Å². The summed E-state index contributed by atoms with van der Waals surface area (Å²) in [5, 5.41) is 11.5. The molecule has 2 N–H and O–H groups in total. The van der Waals surface area contributed by atoms with Gasteiger partial charge in [0, 0.05) is 22.7 Å². The van der Waals surface area contributed by atoms with E-state index < -0.39 is 5.97 Å². The summed E-state index contributed by atoms with van der Waals surface area (Å²) < 4.78 is 0.914. The van der Waals surface area contributed by atoms with E-state index in [2.05, 4.69) is 21.2 Å². The molecule has 0 unspecified atom stereocenters. The van der Waals surface area contributed by atoms with Crippen molar-refractivity contribution in [2.75, 3.05) is 11.9 Å². The Morgan fingerprint density at radius 3 is 2.55 bits per heavy atom. The second-order valence-corrected chi connectivity index (χ2v) is 5.68. The van der Waals surface area contributed by atoms with Crippen LogP contribution in [-0.2, 0) is 4.79 Å². The molecule has 0 spiro atoms. The Kier molecular flexibility index (Phi) is 6.01. The highest BCUT2D eigenvalue weighted by atomic mass is 79.9. The van der Waals surface area contributed by atoms with Crippen LogP contribution in [0.25, 0.3) is 0 Å². The van der Waals surface area contributed by atoms with Gasteiger partial charge in [0.15, 0.2) is 0 Å². The number of hydrogen-bond donors (Lipinski definition) is 2. The number of carboxylic acid groups (broad SMARTS) is 1. The van der Waals surface area contributed by atoms with Gasteiger partial charge in [-0.15, -0.1) is 0 Å². The molecule has 0 saturated heterocycles. The molecule has 1 aromatic carbocycles. The van der Waals surface area contributed by atoms with Crippen LogP contribution in [0.2, 0.25) is 0 Å². The lowest BCUT2D eigenvalue weighted by Gasteiger charge is -2.26. The van der Waals surface area contributed by atoms with Crippen LogP contribution in [0, 0.1) is 6.92 Å². The summed E-state index contributed by atoms with van der Waals surface area (Å²) in [5.41, 5.74) is 1.75. The van der Waals surface area contributed by atoms with Crippen molar-refractivity contribution in [1.82, 2.24) is 4.90 Å². The normalized spacial score (nSPS) is 10.4. The van der Waals surface area contributed by atoms with E-state index in [1.54, 1.807) is 0 Å². The maximum atomic E-state index is 12.2. The van der Waals surface area contributed by atoms with Gasteiger partial charge < -0.3 is 15.3 Å². The van der Waals surface area contributed by atoms with Crippen molar-refractivity contribution in [3.8, 4) is 0 Å². The van der Waals surface area contributed by atoms with Crippen molar-refractivity contribution in [2.24, 2.45) is 0 Å². The number of anilines is 1. The van der Waals surface area contributed by atoms with Crippen molar-refractivity contribution in [1.29, 1.82) is 0 Å². The van der Waals surface area contributed by atoms with Crippen molar-refractivity contribution in [3.63, 3.8) is 0 Å². The predicted octanol–water partition coefficient (Wildman–Crippen LogP) is 3.47. The standard InChI is InChI=1S/C14H19BrN2O3/c1-9(2)17(7-6-13(18)19)14(20)16-11-5-4-10(3)12(15)8-11/h4-5,8-9H,6-7H2,1-3H3,(H,16,20)(H,18,19). The number of rotatable bonds is 5. The Morgan fingerprint density at radius 1 is 1.40 bits per heavy atom. The molecule has 0 heterocycles. The summed E-state index contributed by atoms with van der Waals surface area (Å²) in [6.07, 6.45) is -0.0663. The third kappa shape index (κ3) is 4.85. The van der Waals surface area contributed by atoms with E-state index in [-0.39, 0.29) is 25.0 Å². The number of urea groups is 1. The van der Waals surface area contributed by atoms with E-state index in [1.807, 2.05) is 39.0 Å². The van der Waals surface area contributed by atoms with E-state index in [9.17, 15) is 9.59 Å². The first-order valence-corrected chi connectivity index (χ1v) is 7.16. The molecule has 0 aliphatic carbocycles. The van der Waals surface area contributed by atoms with Crippen LogP contribution in [0.5, 0.6) is 0 Å². The topological polar surface area (TPSA) is 69.6 Å². The minimum absolute atomic E-state index is 0.0663. The number of nitrogens with zero attached hydrogens (tertiary/aromatic N) is 1. The summed E-state index contributed by atoms with van der Waals surface area (Å²) in [6, 6.07) is 5.17. The summed E-state index contributed by atoms with van der Waals surface area (Å²) in [6.45, 7) is 5.85. The molecule has 0 saturated carbocycles. The Hall–Kier alpha value is -1.56. The van der Waals surface area contributed by atoms with Crippen molar-refractivity contribution in [3.05, 3.63) is 28.2 Å². The fourth-order valence-corrected chi connectivity index (χ4v) is 2.06. The molecular formula is C14H19BrN2O3. The molecule has 0 fully saturated rings. The molecule has 110 valence electrons. The second-order valence-electron chi connectivity index (χ2n) is 4.82. The SMILES string of the molecule is Cc1ccc(NC(=O)N(CCC(=O)O)C(C)C)cc1Br. The second kappa shape index (κ2) is 7.28. The molecule has 0 radical (unpaired) electrons. The van der Waals surface area contributed by atoms with Crippen molar-refractivity contribution in [2.45, 2.75) is 33.2 Å². The van der Waals surface area contributed by atoms with Gasteiger partial charge in [0.1, 0.15) is 0 Å². The number of amides is 2. The molecule has 20 heavy (non-hydrogen) atoms. The summed E-state index contributed by atoms with van der Waals surface area (Å²) in [5.74, 6) is -0.915. The number of benzene rings is 1. The number of carboxylic acids is 1. The molecule has 0 aliphatic rings. The van der Waals surface area contributed by atoms with Gasteiger partial charge in [-0.25, -0.2) is 4.79 Å². The zero-order valence-corrected chi connectivity index (χ0v) is 13.4. The minimum Gasteiger partial charge on any atom is -0.481 e. The average molecular weight is 343 g/mol. The largest absolute Gasteiger partial charge is 0.481 e. The molecule has 0 atom stereocenters. The highest BCUT2D eigenvalue weighted by Crippen LogP contribution is 2.21. The Labute approximate surface area is 127 Å². The molecule has 0 aromatic heterocycles. The van der Waals surface area contributed by atoms with Crippen LogP contribution in [-0.4, -0.2) is 34.6 Å². The summed E-state index contributed by atoms with van der Waals surface area (Å²) in [4.78, 5) is 24.3. The van der Waals surface area contributed by atoms with E-state index in [4.69, 9.17) is 5.11 Å². The number of carbonyl (C=O) groups excluding carboxylic acids is 1. The van der Waals surface area contributed by atoms with E-state index in [1.165, 1.54) is 4.90 Å². The van der Waals surface area contributed by atoms with Gasteiger partial charge in [-0.05, 0) is 38.5 Å². The highest BCUT2D eigenvalue weighted by molar-refractivity contribution is 9.10. The van der Waals surface area contributed by atoms with Gasteiger partial charge in [-0.1, -0.05) is 22.0 Å². The third-order valence-corrected chi connectivity index (χ3v) is 3.73. The van der Waals surface area contributed by atoms with Crippen LogP contribution >= 0.6 is 15.9 Å². The van der Waals surface area contributed by atoms with Crippen LogP contribution < -0.4 is 5.32 Å². The maximum Gasteiger partial charge on any atom is 0.322 e. The Bertz CT molecular complexity index is 503. The Balaban J connectivity index is 2.74. The fourth-order valence-electron chi connectivity index (χ4n) is 1.68. The van der Waals surface area contributed by atoms with Crippen molar-refractivity contribution < 1.29 is 14.7 Å². The number of carbonyl (C=O) groups is 2. The number of aliphatic carboxylic acids is 1. The number of aryl methyl sites for hydroxylation is 1. The molecule has 0 bridgehead atoms. The number of nitrogens with one attached hydrogen (secondary N) is 1. The van der Waals surface area contributed by atoms with Crippen LogP contribution in [0.3, 0.4) is 0 Å². The monoisotopic (exact) mass is 342 g/mol. The van der Waals surface area contributed by atoms with Gasteiger partial charge in [0.05, 0.1) is 6.42 Å². The fraction of sp³-hybridized carbons (Fsp3) is 0.429. The van der Waals surface area contributed by atoms with Crippen LogP contribution in [0.4, 0.5) is 10.5 Å². The van der Waals surface area contributed by atoms with E-state index >= 15 is 0 Å². The smallest absolute Gasteiger partial charge is 0.322 e. The molecule has 1 aromatic rings. The van der Waals surface area contributed by atoms with Gasteiger partial charge in [-0.3, -0.25) is 4.79 Å². The van der Waals surface area contributed by atoms with Gasteiger partial charge >= 0.3 is 12.0 Å². The van der Waals surface area contributed by atoms with Crippen LogP contribution in [0.15, 0.2) is 22.7 Å². The molecule has 0 aliphatic heterocycles. The molecule has 1 rings (SSSR count). The van der Waals surface area contributed by atoms with E-state index in [0.717, 1.165) is 10.0 Å². The van der Waals surface area contributed by atoms with Gasteiger partial charge in [-0.2, -0.15) is 0 Å². The first-order chi connectivity index (χ1) is 9.31. The predicted molar refractivity (Wildman–Crippen MR) is 82.0 cm³/mol. The molecule has 5 nitrogen and oxygen atoms in total. The summed E-state index contributed by atoms with van der Waals surface area (Å²) >= 11 is 3.41. The number of halogens is 1. The first-order valence-electron chi connectivity index (χ1n) is 6.37.